The molecule has 150 valence electrons. The number of nitrogens with one attached hydrogen (secondary N) is 2. The Kier molecular flexibility index (Phi) is 6.77. The summed E-state index contributed by atoms with van der Waals surface area (Å²) in [5, 5.41) is 2.92. The van der Waals surface area contributed by atoms with E-state index in [1.54, 1.807) is 13.3 Å². The first kappa shape index (κ1) is 20.7. The van der Waals surface area contributed by atoms with Crippen molar-refractivity contribution in [3.63, 3.8) is 0 Å². The van der Waals surface area contributed by atoms with Gasteiger partial charge in [-0.3, -0.25) is 9.78 Å². The number of anilines is 2. The third-order valence-corrected chi connectivity index (χ3v) is 5.48. The summed E-state index contributed by atoms with van der Waals surface area (Å²) in [4.78, 5) is 17.6. The lowest BCUT2D eigenvalue weighted by Gasteiger charge is -2.15. The van der Waals surface area contributed by atoms with Crippen molar-refractivity contribution in [3.05, 3.63) is 77.1 Å². The van der Waals surface area contributed by atoms with Gasteiger partial charge in [-0.2, -0.15) is 0 Å². The standard InChI is InChI=1S/C23H25N3O2S/c1-5-17-11-12-24-19(13-17)23(27)25-18-9-10-20(28-4)21(14-18)29-26-22-15(2)7-6-8-16(22)3/h6-14,26H,5H2,1-4H3,(H,25,27). The molecule has 6 heteroatoms. The first-order chi connectivity index (χ1) is 14.0. The van der Waals surface area contributed by atoms with Crippen LogP contribution in [0.5, 0.6) is 5.75 Å². The number of ether oxygens (including phenoxy) is 1. The Morgan fingerprint density at radius 3 is 2.55 bits per heavy atom. The predicted molar refractivity (Wildman–Crippen MR) is 120 cm³/mol. The highest BCUT2D eigenvalue weighted by Gasteiger charge is 2.12. The molecular formula is C23H25N3O2S. The number of methoxy groups -OCH3 is 1. The van der Waals surface area contributed by atoms with Crippen molar-refractivity contribution in [1.29, 1.82) is 0 Å². The summed E-state index contributed by atoms with van der Waals surface area (Å²) in [6, 6.07) is 15.5. The third-order valence-electron chi connectivity index (χ3n) is 4.63. The average Bonchev–Trinajstić information content (AvgIpc) is 2.73. The van der Waals surface area contributed by atoms with Gasteiger partial charge in [-0.15, -0.1) is 0 Å². The van der Waals surface area contributed by atoms with Gasteiger partial charge in [0, 0.05) is 11.9 Å². The molecule has 0 atom stereocenters. The van der Waals surface area contributed by atoms with E-state index in [4.69, 9.17) is 4.74 Å². The number of carbonyl (C=O) groups is 1. The van der Waals surface area contributed by atoms with E-state index in [1.165, 1.54) is 23.1 Å². The summed E-state index contributed by atoms with van der Waals surface area (Å²) in [5.41, 5.74) is 5.59. The second-order valence-corrected chi connectivity index (χ2v) is 7.54. The fourth-order valence-electron chi connectivity index (χ4n) is 2.93. The molecule has 2 N–H and O–H groups in total. The number of nitrogens with zero attached hydrogens (tertiary/aromatic N) is 1. The van der Waals surface area contributed by atoms with Crippen molar-refractivity contribution in [2.24, 2.45) is 0 Å². The lowest BCUT2D eigenvalue weighted by Crippen LogP contribution is -2.14. The van der Waals surface area contributed by atoms with E-state index in [2.05, 4.69) is 41.0 Å². The average molecular weight is 408 g/mol. The molecule has 0 bridgehead atoms. The van der Waals surface area contributed by atoms with Crippen LogP contribution in [0.1, 0.15) is 34.1 Å². The highest BCUT2D eigenvalue weighted by Crippen LogP contribution is 2.34. The smallest absolute Gasteiger partial charge is 0.274 e. The molecule has 0 saturated carbocycles. The number of amides is 1. The maximum absolute atomic E-state index is 12.6. The molecule has 0 radical (unpaired) electrons. The van der Waals surface area contributed by atoms with Crippen molar-refractivity contribution in [2.75, 3.05) is 17.1 Å². The van der Waals surface area contributed by atoms with Crippen LogP contribution in [0.25, 0.3) is 0 Å². The lowest BCUT2D eigenvalue weighted by atomic mass is 10.1. The maximum atomic E-state index is 12.6. The minimum absolute atomic E-state index is 0.232. The second kappa shape index (κ2) is 9.47. The molecule has 0 fully saturated rings. The van der Waals surface area contributed by atoms with Crippen molar-refractivity contribution < 1.29 is 9.53 Å². The Bertz CT molecular complexity index is 1000. The minimum Gasteiger partial charge on any atom is -0.496 e. The molecule has 0 unspecified atom stereocenters. The number of para-hydroxylation sites is 1. The molecule has 0 spiro atoms. The quantitative estimate of drug-likeness (QED) is 0.496. The van der Waals surface area contributed by atoms with Crippen LogP contribution in [-0.4, -0.2) is 18.0 Å². The fraction of sp³-hybridized carbons (Fsp3) is 0.217. The number of hydrogen-bond donors (Lipinski definition) is 2. The number of aromatic nitrogens is 1. The number of rotatable bonds is 7. The van der Waals surface area contributed by atoms with Gasteiger partial charge in [0.25, 0.3) is 5.91 Å². The lowest BCUT2D eigenvalue weighted by molar-refractivity contribution is 0.102. The molecule has 1 heterocycles. The van der Waals surface area contributed by atoms with Gasteiger partial charge in [-0.05, 0) is 79.2 Å². The van der Waals surface area contributed by atoms with Crippen LogP contribution in [-0.2, 0) is 6.42 Å². The van der Waals surface area contributed by atoms with Crippen molar-refractivity contribution in [3.8, 4) is 5.75 Å². The first-order valence-corrected chi connectivity index (χ1v) is 10.3. The Hall–Kier alpha value is -2.99. The Morgan fingerprint density at radius 2 is 1.86 bits per heavy atom. The number of benzene rings is 2. The first-order valence-electron chi connectivity index (χ1n) is 9.45. The van der Waals surface area contributed by atoms with Crippen molar-refractivity contribution in [2.45, 2.75) is 32.1 Å². The van der Waals surface area contributed by atoms with E-state index in [0.29, 0.717) is 11.4 Å². The SMILES string of the molecule is CCc1ccnc(C(=O)Nc2ccc(OC)c(SNc3c(C)cccc3C)c2)c1. The van der Waals surface area contributed by atoms with Gasteiger partial charge in [-0.25, -0.2) is 0 Å². The second-order valence-electron chi connectivity index (χ2n) is 6.69. The molecule has 1 aromatic heterocycles. The highest BCUT2D eigenvalue weighted by atomic mass is 32.2. The Morgan fingerprint density at radius 1 is 1.10 bits per heavy atom. The van der Waals surface area contributed by atoms with Gasteiger partial charge in [0.15, 0.2) is 0 Å². The van der Waals surface area contributed by atoms with Crippen molar-refractivity contribution >= 4 is 29.2 Å². The number of pyridine rings is 1. The highest BCUT2D eigenvalue weighted by molar-refractivity contribution is 8.00. The Labute approximate surface area is 176 Å². The predicted octanol–water partition coefficient (Wildman–Crippen LogP) is 5.64. The van der Waals surface area contributed by atoms with Gasteiger partial charge in [0.2, 0.25) is 0 Å². The number of carbonyl (C=O) groups excluding carboxylic acids is 1. The van der Waals surface area contributed by atoms with E-state index in [-0.39, 0.29) is 5.91 Å². The minimum atomic E-state index is -0.232. The molecule has 0 aliphatic carbocycles. The summed E-state index contributed by atoms with van der Waals surface area (Å²) < 4.78 is 8.89. The van der Waals surface area contributed by atoms with Crippen LogP contribution in [0.15, 0.2) is 59.6 Å². The number of aryl methyl sites for hydroxylation is 3. The van der Waals surface area contributed by atoms with Gasteiger partial charge in [-0.1, -0.05) is 25.1 Å². The molecule has 0 aliphatic heterocycles. The van der Waals surface area contributed by atoms with Crippen LogP contribution >= 0.6 is 11.9 Å². The molecule has 0 saturated heterocycles. The molecular weight excluding hydrogens is 382 g/mol. The van der Waals surface area contributed by atoms with Gasteiger partial charge < -0.3 is 14.8 Å². The zero-order chi connectivity index (χ0) is 20.8. The van der Waals surface area contributed by atoms with Gasteiger partial charge in [0.1, 0.15) is 11.4 Å². The summed E-state index contributed by atoms with van der Waals surface area (Å²) in [5.74, 6) is 0.502. The zero-order valence-corrected chi connectivity index (χ0v) is 17.9. The van der Waals surface area contributed by atoms with Crippen LogP contribution < -0.4 is 14.8 Å². The van der Waals surface area contributed by atoms with Crippen LogP contribution in [0.4, 0.5) is 11.4 Å². The summed E-state index contributed by atoms with van der Waals surface area (Å²) in [6.45, 7) is 6.19. The number of hydrogen-bond acceptors (Lipinski definition) is 5. The third kappa shape index (κ3) is 5.09. The molecule has 3 aromatic rings. The normalized spacial score (nSPS) is 10.5. The molecule has 3 rings (SSSR count). The fourth-order valence-corrected chi connectivity index (χ4v) is 3.90. The van der Waals surface area contributed by atoms with Crippen LogP contribution in [0.2, 0.25) is 0 Å². The molecule has 0 aliphatic rings. The topological polar surface area (TPSA) is 63.2 Å². The monoisotopic (exact) mass is 407 g/mol. The van der Waals surface area contributed by atoms with Gasteiger partial charge in [0.05, 0.1) is 17.7 Å². The summed E-state index contributed by atoms with van der Waals surface area (Å²) in [7, 11) is 1.64. The Balaban J connectivity index is 1.78. The zero-order valence-electron chi connectivity index (χ0n) is 17.1. The van der Waals surface area contributed by atoms with E-state index in [0.717, 1.165) is 28.3 Å². The van der Waals surface area contributed by atoms with E-state index in [9.17, 15) is 4.79 Å². The van der Waals surface area contributed by atoms with Crippen molar-refractivity contribution in [1.82, 2.24) is 4.98 Å². The molecule has 29 heavy (non-hydrogen) atoms. The summed E-state index contributed by atoms with van der Waals surface area (Å²) >= 11 is 1.45. The summed E-state index contributed by atoms with van der Waals surface area (Å²) in [6.07, 6.45) is 2.52. The van der Waals surface area contributed by atoms with Gasteiger partial charge >= 0.3 is 0 Å². The largest absolute Gasteiger partial charge is 0.496 e. The van der Waals surface area contributed by atoms with Crippen LogP contribution in [0.3, 0.4) is 0 Å². The van der Waals surface area contributed by atoms with E-state index >= 15 is 0 Å². The molecule has 1 amide bonds. The molecule has 5 nitrogen and oxygen atoms in total. The molecule has 2 aromatic carbocycles. The van der Waals surface area contributed by atoms with E-state index < -0.39 is 0 Å². The van der Waals surface area contributed by atoms with E-state index in [1.807, 2.05) is 43.3 Å². The van der Waals surface area contributed by atoms with Crippen LogP contribution in [0, 0.1) is 13.8 Å². The maximum Gasteiger partial charge on any atom is 0.274 e.